The summed E-state index contributed by atoms with van der Waals surface area (Å²) in [6.45, 7) is 2.69. The van der Waals surface area contributed by atoms with Crippen LogP contribution in [0.5, 0.6) is 0 Å². The van der Waals surface area contributed by atoms with Gasteiger partial charge >= 0.3 is 5.97 Å². The Balaban J connectivity index is 2.47. The summed E-state index contributed by atoms with van der Waals surface area (Å²) in [6, 6.07) is 0. The number of carbonyl (C=O) groups excluding carboxylic acids is 1. The highest BCUT2D eigenvalue weighted by molar-refractivity contribution is 5.72. The van der Waals surface area contributed by atoms with Gasteiger partial charge in [-0.3, -0.25) is 4.79 Å². The first-order valence-electron chi connectivity index (χ1n) is 3.95. The molecule has 0 N–H and O–H groups in total. The van der Waals surface area contributed by atoms with E-state index in [9.17, 15) is 4.79 Å². The van der Waals surface area contributed by atoms with Gasteiger partial charge in [-0.15, -0.1) is 0 Å². The van der Waals surface area contributed by atoms with Gasteiger partial charge in [-0.1, -0.05) is 0 Å². The van der Waals surface area contributed by atoms with Gasteiger partial charge in [0.05, 0.1) is 19.1 Å². The molecule has 0 saturated carbocycles. The van der Waals surface area contributed by atoms with Crippen LogP contribution in [-0.2, 0) is 14.3 Å². The Morgan fingerprint density at radius 2 is 2.36 bits per heavy atom. The predicted molar refractivity (Wildman–Crippen MR) is 40.2 cm³/mol. The number of ether oxygens (including phenoxy) is 2. The second-order valence-corrected chi connectivity index (χ2v) is 2.85. The fourth-order valence-electron chi connectivity index (χ4n) is 1.38. The summed E-state index contributed by atoms with van der Waals surface area (Å²) >= 11 is 0. The van der Waals surface area contributed by atoms with E-state index in [2.05, 4.69) is 4.74 Å². The molecule has 0 aromatic heterocycles. The molecule has 3 heteroatoms. The third-order valence-corrected chi connectivity index (χ3v) is 2.11. The van der Waals surface area contributed by atoms with Crippen molar-refractivity contribution in [3.63, 3.8) is 0 Å². The monoisotopic (exact) mass is 158 g/mol. The van der Waals surface area contributed by atoms with Gasteiger partial charge < -0.3 is 9.47 Å². The summed E-state index contributed by atoms with van der Waals surface area (Å²) in [6.07, 6.45) is 1.88. The Kier molecular flexibility index (Phi) is 2.88. The number of hydrogen-bond donors (Lipinski definition) is 0. The molecule has 1 aliphatic heterocycles. The number of hydrogen-bond acceptors (Lipinski definition) is 3. The van der Waals surface area contributed by atoms with Crippen LogP contribution in [-0.4, -0.2) is 25.8 Å². The lowest BCUT2D eigenvalue weighted by Crippen LogP contribution is -2.33. The molecule has 0 aromatic carbocycles. The quantitative estimate of drug-likeness (QED) is 0.533. The lowest BCUT2D eigenvalue weighted by molar-refractivity contribution is -0.154. The van der Waals surface area contributed by atoms with E-state index in [4.69, 9.17) is 4.74 Å². The van der Waals surface area contributed by atoms with Crippen molar-refractivity contribution in [3.8, 4) is 0 Å². The van der Waals surface area contributed by atoms with Crippen LogP contribution >= 0.6 is 0 Å². The molecular weight excluding hydrogens is 144 g/mol. The van der Waals surface area contributed by atoms with Crippen LogP contribution in [0, 0.1) is 5.92 Å². The third kappa shape index (κ3) is 1.93. The first-order valence-corrected chi connectivity index (χ1v) is 3.95. The largest absolute Gasteiger partial charge is 0.469 e. The summed E-state index contributed by atoms with van der Waals surface area (Å²) in [5.41, 5.74) is 0. The SMILES string of the molecule is COC(=O)[C@H]1CCCO[C@H]1C. The minimum atomic E-state index is -0.141. The zero-order valence-electron chi connectivity index (χ0n) is 7.00. The van der Waals surface area contributed by atoms with E-state index in [0.29, 0.717) is 0 Å². The molecule has 0 aliphatic carbocycles. The topological polar surface area (TPSA) is 35.5 Å². The zero-order chi connectivity index (χ0) is 8.27. The summed E-state index contributed by atoms with van der Waals surface area (Å²) in [7, 11) is 1.42. The van der Waals surface area contributed by atoms with Crippen LogP contribution in [0.3, 0.4) is 0 Å². The van der Waals surface area contributed by atoms with Gasteiger partial charge in [-0.05, 0) is 19.8 Å². The maximum absolute atomic E-state index is 11.1. The molecule has 2 atom stereocenters. The summed E-state index contributed by atoms with van der Waals surface area (Å²) < 4.78 is 9.95. The van der Waals surface area contributed by atoms with Crippen molar-refractivity contribution in [2.24, 2.45) is 5.92 Å². The number of methoxy groups -OCH3 is 1. The van der Waals surface area contributed by atoms with Crippen molar-refractivity contribution in [2.75, 3.05) is 13.7 Å². The van der Waals surface area contributed by atoms with Crippen molar-refractivity contribution >= 4 is 5.97 Å². The van der Waals surface area contributed by atoms with Gasteiger partial charge in [0.2, 0.25) is 0 Å². The number of esters is 1. The lowest BCUT2D eigenvalue weighted by atomic mass is 9.96. The molecule has 1 heterocycles. The van der Waals surface area contributed by atoms with Crippen LogP contribution in [0.15, 0.2) is 0 Å². The molecule has 0 aromatic rings. The van der Waals surface area contributed by atoms with Gasteiger partial charge in [0, 0.05) is 6.61 Å². The maximum Gasteiger partial charge on any atom is 0.311 e. The van der Waals surface area contributed by atoms with E-state index in [-0.39, 0.29) is 18.0 Å². The molecule has 3 nitrogen and oxygen atoms in total. The minimum absolute atomic E-state index is 0.0243. The molecule has 0 amide bonds. The van der Waals surface area contributed by atoms with Gasteiger partial charge in [0.15, 0.2) is 0 Å². The standard InChI is InChI=1S/C8H14O3/c1-6-7(8(9)10-2)4-3-5-11-6/h6-7H,3-5H2,1-2H3/t6-,7-/m0/s1. The van der Waals surface area contributed by atoms with E-state index in [1.54, 1.807) is 0 Å². The molecular formula is C8H14O3. The van der Waals surface area contributed by atoms with Crippen molar-refractivity contribution < 1.29 is 14.3 Å². The Morgan fingerprint density at radius 1 is 1.64 bits per heavy atom. The molecule has 0 unspecified atom stereocenters. The van der Waals surface area contributed by atoms with E-state index in [1.165, 1.54) is 7.11 Å². The van der Waals surface area contributed by atoms with Gasteiger partial charge in [0.25, 0.3) is 0 Å². The molecule has 64 valence electrons. The van der Waals surface area contributed by atoms with E-state index < -0.39 is 0 Å². The van der Waals surface area contributed by atoms with Crippen LogP contribution < -0.4 is 0 Å². The molecule has 1 rings (SSSR count). The van der Waals surface area contributed by atoms with Crippen molar-refractivity contribution in [3.05, 3.63) is 0 Å². The van der Waals surface area contributed by atoms with Crippen molar-refractivity contribution in [1.29, 1.82) is 0 Å². The fourth-order valence-corrected chi connectivity index (χ4v) is 1.38. The Morgan fingerprint density at radius 3 is 2.91 bits per heavy atom. The summed E-state index contributed by atoms with van der Waals surface area (Å²) in [5.74, 6) is -0.189. The number of carbonyl (C=O) groups is 1. The average Bonchev–Trinajstić information content (AvgIpc) is 2.04. The first kappa shape index (κ1) is 8.53. The Bertz CT molecular complexity index is 144. The highest BCUT2D eigenvalue weighted by Gasteiger charge is 2.28. The first-order chi connectivity index (χ1) is 5.25. The molecule has 1 aliphatic rings. The summed E-state index contributed by atoms with van der Waals surface area (Å²) in [5, 5.41) is 0. The minimum Gasteiger partial charge on any atom is -0.469 e. The molecule has 11 heavy (non-hydrogen) atoms. The van der Waals surface area contributed by atoms with Gasteiger partial charge in [0.1, 0.15) is 0 Å². The van der Waals surface area contributed by atoms with E-state index >= 15 is 0 Å². The van der Waals surface area contributed by atoms with Gasteiger partial charge in [-0.25, -0.2) is 0 Å². The van der Waals surface area contributed by atoms with Gasteiger partial charge in [-0.2, -0.15) is 0 Å². The second kappa shape index (κ2) is 3.72. The highest BCUT2D eigenvalue weighted by atomic mass is 16.5. The Hall–Kier alpha value is -0.570. The zero-order valence-corrected chi connectivity index (χ0v) is 7.00. The lowest BCUT2D eigenvalue weighted by Gasteiger charge is -2.26. The van der Waals surface area contributed by atoms with Crippen molar-refractivity contribution in [1.82, 2.24) is 0 Å². The molecule has 0 bridgehead atoms. The third-order valence-electron chi connectivity index (χ3n) is 2.11. The molecule has 1 fully saturated rings. The molecule has 0 radical (unpaired) electrons. The normalized spacial score (nSPS) is 31.5. The smallest absolute Gasteiger partial charge is 0.311 e. The molecule has 1 saturated heterocycles. The van der Waals surface area contributed by atoms with Crippen LogP contribution in [0.25, 0.3) is 0 Å². The average molecular weight is 158 g/mol. The van der Waals surface area contributed by atoms with Crippen LogP contribution in [0.4, 0.5) is 0 Å². The fraction of sp³-hybridized carbons (Fsp3) is 0.875. The van der Waals surface area contributed by atoms with E-state index in [1.807, 2.05) is 6.92 Å². The maximum atomic E-state index is 11.1. The predicted octanol–water partition coefficient (Wildman–Crippen LogP) is 0.974. The Labute approximate surface area is 66.7 Å². The van der Waals surface area contributed by atoms with Crippen LogP contribution in [0.1, 0.15) is 19.8 Å². The van der Waals surface area contributed by atoms with Crippen molar-refractivity contribution in [2.45, 2.75) is 25.9 Å². The summed E-state index contributed by atoms with van der Waals surface area (Å²) in [4.78, 5) is 11.1. The number of rotatable bonds is 1. The molecule has 0 spiro atoms. The van der Waals surface area contributed by atoms with Crippen LogP contribution in [0.2, 0.25) is 0 Å². The highest BCUT2D eigenvalue weighted by Crippen LogP contribution is 2.21. The van der Waals surface area contributed by atoms with E-state index in [0.717, 1.165) is 19.4 Å². The second-order valence-electron chi connectivity index (χ2n) is 2.85.